The molecular weight excluding hydrogens is 372 g/mol. The summed E-state index contributed by atoms with van der Waals surface area (Å²) >= 11 is 0. The van der Waals surface area contributed by atoms with Crippen LogP contribution in [0.5, 0.6) is 0 Å². The van der Waals surface area contributed by atoms with E-state index in [-0.39, 0.29) is 0 Å². The number of aliphatic hydroxyl groups is 3. The van der Waals surface area contributed by atoms with Gasteiger partial charge in [0.15, 0.2) is 0 Å². The Morgan fingerprint density at radius 1 is 1.17 bits per heavy atom. The molecule has 0 unspecified atom stereocenters. The largest absolute Gasteiger partial charge is 0.396 e. The Hall–Kier alpha value is -0.900. The minimum Gasteiger partial charge on any atom is -0.396 e. The third-order valence-corrected chi connectivity index (χ3v) is 8.97. The molecular formula is C27H44O3. The summed E-state index contributed by atoms with van der Waals surface area (Å²) in [5.41, 5.74) is 3.67. The van der Waals surface area contributed by atoms with Crippen LogP contribution in [0, 0.1) is 29.1 Å². The molecule has 0 aromatic heterocycles. The van der Waals surface area contributed by atoms with E-state index in [1.807, 2.05) is 0 Å². The number of hydrogen-bond donors (Lipinski definition) is 3. The molecule has 0 saturated heterocycles. The van der Waals surface area contributed by atoms with Crippen LogP contribution in [0.1, 0.15) is 85.0 Å². The van der Waals surface area contributed by atoms with Crippen molar-refractivity contribution >= 4 is 0 Å². The van der Waals surface area contributed by atoms with Crippen LogP contribution in [-0.2, 0) is 0 Å². The topological polar surface area (TPSA) is 60.7 Å². The average Bonchev–Trinajstić information content (AvgIpc) is 3.08. The van der Waals surface area contributed by atoms with Gasteiger partial charge in [-0.2, -0.15) is 0 Å². The van der Waals surface area contributed by atoms with Gasteiger partial charge in [0.25, 0.3) is 0 Å². The van der Waals surface area contributed by atoms with Gasteiger partial charge in [0.1, 0.15) is 0 Å². The molecule has 30 heavy (non-hydrogen) atoms. The van der Waals surface area contributed by atoms with E-state index in [0.717, 1.165) is 24.3 Å². The summed E-state index contributed by atoms with van der Waals surface area (Å²) in [4.78, 5) is 0. The fourth-order valence-electron chi connectivity index (χ4n) is 7.09. The zero-order valence-electron chi connectivity index (χ0n) is 19.4. The monoisotopic (exact) mass is 416 g/mol. The van der Waals surface area contributed by atoms with Gasteiger partial charge in [-0.15, -0.1) is 0 Å². The molecule has 3 aliphatic carbocycles. The lowest BCUT2D eigenvalue weighted by Crippen LogP contribution is -2.37. The van der Waals surface area contributed by atoms with Gasteiger partial charge in [0, 0.05) is 6.61 Å². The van der Waals surface area contributed by atoms with E-state index in [9.17, 15) is 15.3 Å². The highest BCUT2D eigenvalue weighted by Crippen LogP contribution is 2.60. The summed E-state index contributed by atoms with van der Waals surface area (Å²) in [6.45, 7) is 11.5. The number of rotatable bonds is 7. The molecule has 0 aromatic rings. The second-order valence-electron chi connectivity index (χ2n) is 10.6. The van der Waals surface area contributed by atoms with Crippen molar-refractivity contribution in [3.05, 3.63) is 35.5 Å². The highest BCUT2D eigenvalue weighted by Gasteiger charge is 2.51. The second kappa shape index (κ2) is 10.1. The van der Waals surface area contributed by atoms with E-state index in [0.29, 0.717) is 48.2 Å². The Labute approximate surface area is 184 Å². The molecule has 3 fully saturated rings. The van der Waals surface area contributed by atoms with E-state index in [4.69, 9.17) is 0 Å². The third kappa shape index (κ3) is 4.79. The molecule has 3 rings (SSSR count). The summed E-state index contributed by atoms with van der Waals surface area (Å²) in [5.74, 6) is 2.86. The third-order valence-electron chi connectivity index (χ3n) is 8.97. The SMILES string of the molecule is C=C1[C@H](O)CC(=C/C=C2\CCC[C@]3(C)[C@@H]([C@H](C)[C@H](CC)CCCO)CC[C@@H]23)C[C@H]1O. The highest BCUT2D eigenvalue weighted by molar-refractivity contribution is 5.29. The van der Waals surface area contributed by atoms with Crippen LogP contribution in [0.25, 0.3) is 0 Å². The smallest absolute Gasteiger partial charge is 0.0809 e. The summed E-state index contributed by atoms with van der Waals surface area (Å²) < 4.78 is 0. The molecule has 3 heteroatoms. The molecule has 0 heterocycles. The van der Waals surface area contributed by atoms with Gasteiger partial charge in [-0.25, -0.2) is 0 Å². The predicted octanol–water partition coefficient (Wildman–Crippen LogP) is 5.56. The first kappa shape index (κ1) is 23.8. The van der Waals surface area contributed by atoms with Gasteiger partial charge in [-0.05, 0) is 92.4 Å². The Kier molecular flexibility index (Phi) is 8.03. The highest BCUT2D eigenvalue weighted by atomic mass is 16.3. The zero-order valence-corrected chi connectivity index (χ0v) is 19.4. The Balaban J connectivity index is 1.75. The molecule has 7 atom stereocenters. The lowest BCUT2D eigenvalue weighted by molar-refractivity contribution is 0.0669. The van der Waals surface area contributed by atoms with Gasteiger partial charge in [-0.3, -0.25) is 0 Å². The molecule has 3 nitrogen and oxygen atoms in total. The van der Waals surface area contributed by atoms with E-state index < -0.39 is 12.2 Å². The van der Waals surface area contributed by atoms with Crippen LogP contribution in [0.3, 0.4) is 0 Å². The minimum absolute atomic E-state index is 0.312. The Morgan fingerprint density at radius 2 is 1.87 bits per heavy atom. The number of aliphatic hydroxyl groups excluding tert-OH is 3. The molecule has 0 aromatic carbocycles. The van der Waals surface area contributed by atoms with Gasteiger partial charge in [0.2, 0.25) is 0 Å². The molecule has 0 amide bonds. The summed E-state index contributed by atoms with van der Waals surface area (Å²) in [6.07, 6.45) is 14.2. The van der Waals surface area contributed by atoms with Crippen molar-refractivity contribution in [2.75, 3.05) is 6.61 Å². The zero-order chi connectivity index (χ0) is 21.9. The van der Waals surface area contributed by atoms with E-state index >= 15 is 0 Å². The van der Waals surface area contributed by atoms with E-state index in [1.165, 1.54) is 38.5 Å². The van der Waals surface area contributed by atoms with Crippen molar-refractivity contribution in [2.45, 2.75) is 97.2 Å². The van der Waals surface area contributed by atoms with Gasteiger partial charge >= 0.3 is 0 Å². The summed E-state index contributed by atoms with van der Waals surface area (Å²) in [5, 5.41) is 29.6. The van der Waals surface area contributed by atoms with Crippen molar-refractivity contribution in [3.63, 3.8) is 0 Å². The molecule has 0 aliphatic heterocycles. The molecule has 3 saturated carbocycles. The predicted molar refractivity (Wildman–Crippen MR) is 124 cm³/mol. The number of hydrogen-bond acceptors (Lipinski definition) is 3. The molecule has 0 spiro atoms. The van der Waals surface area contributed by atoms with Crippen LogP contribution in [0.2, 0.25) is 0 Å². The maximum absolute atomic E-state index is 10.1. The lowest BCUT2D eigenvalue weighted by atomic mass is 9.59. The second-order valence-corrected chi connectivity index (χ2v) is 10.6. The van der Waals surface area contributed by atoms with Crippen LogP contribution < -0.4 is 0 Å². The number of allylic oxidation sites excluding steroid dienone is 3. The maximum atomic E-state index is 10.1. The quantitative estimate of drug-likeness (QED) is 0.476. The molecule has 3 aliphatic rings. The van der Waals surface area contributed by atoms with Crippen molar-refractivity contribution in [3.8, 4) is 0 Å². The molecule has 3 N–H and O–H groups in total. The lowest BCUT2D eigenvalue weighted by Gasteiger charge is -2.46. The molecule has 170 valence electrons. The van der Waals surface area contributed by atoms with Gasteiger partial charge in [0.05, 0.1) is 12.2 Å². The van der Waals surface area contributed by atoms with Crippen molar-refractivity contribution < 1.29 is 15.3 Å². The first-order chi connectivity index (χ1) is 14.3. The van der Waals surface area contributed by atoms with Crippen molar-refractivity contribution in [2.24, 2.45) is 29.1 Å². The molecule has 0 radical (unpaired) electrons. The molecule has 0 bridgehead atoms. The average molecular weight is 417 g/mol. The first-order valence-electron chi connectivity index (χ1n) is 12.4. The maximum Gasteiger partial charge on any atom is 0.0809 e. The van der Waals surface area contributed by atoms with E-state index in [2.05, 4.69) is 39.5 Å². The van der Waals surface area contributed by atoms with Gasteiger partial charge < -0.3 is 15.3 Å². The van der Waals surface area contributed by atoms with Gasteiger partial charge in [-0.1, -0.05) is 57.1 Å². The fourth-order valence-corrected chi connectivity index (χ4v) is 7.09. The normalized spacial score (nSPS) is 37.9. The standard InChI is InChI=1S/C27H44O3/c1-5-21(9-7-15-28)18(2)23-12-13-24-22(8-6-14-27(23,24)4)11-10-20-16-25(29)19(3)26(30)17-20/h10-11,18,21,23-26,28-30H,3,5-9,12-17H2,1-2,4H3/b22-11+/t18-,21-,23-,24+,25-,26-,27-/m1/s1. The van der Waals surface area contributed by atoms with Crippen LogP contribution in [-0.4, -0.2) is 34.1 Å². The Morgan fingerprint density at radius 3 is 2.50 bits per heavy atom. The minimum atomic E-state index is -0.614. The van der Waals surface area contributed by atoms with Crippen LogP contribution >= 0.6 is 0 Å². The van der Waals surface area contributed by atoms with E-state index in [1.54, 1.807) is 5.57 Å². The first-order valence-corrected chi connectivity index (χ1v) is 12.4. The van der Waals surface area contributed by atoms with Crippen molar-refractivity contribution in [1.82, 2.24) is 0 Å². The summed E-state index contributed by atoms with van der Waals surface area (Å²) in [7, 11) is 0. The van der Waals surface area contributed by atoms with Crippen molar-refractivity contribution in [1.29, 1.82) is 0 Å². The summed E-state index contributed by atoms with van der Waals surface area (Å²) in [6, 6.07) is 0. The number of fused-ring (bicyclic) bond motifs is 1. The van der Waals surface area contributed by atoms with Crippen LogP contribution in [0.15, 0.2) is 35.5 Å². The Bertz CT molecular complexity index is 647. The van der Waals surface area contributed by atoms with Crippen LogP contribution in [0.4, 0.5) is 0 Å². The fraction of sp³-hybridized carbons (Fsp3) is 0.778.